The maximum Gasteiger partial charge on any atom is 0.243 e. The molecule has 0 saturated carbocycles. The standard InChI is InChI=1S/C20H33N3O3S/c1-5-16(3)18-7-9-19(10-8-18)27(25,26)23-13-11-22(12-14-23)15-20(24)21-17(4)6-2/h7-10,16-17H,5-6,11-15H2,1-4H3,(H,21,24)/t16-,17+/m1/s1. The number of benzene rings is 1. The van der Waals surface area contributed by atoms with Crippen LogP contribution in [0.25, 0.3) is 0 Å². The first kappa shape index (κ1) is 21.9. The molecule has 1 N–H and O–H groups in total. The van der Waals surface area contributed by atoms with Gasteiger partial charge in [0.1, 0.15) is 0 Å². The second kappa shape index (κ2) is 9.66. The molecule has 1 aliphatic rings. The van der Waals surface area contributed by atoms with Crippen molar-refractivity contribution in [1.82, 2.24) is 14.5 Å². The van der Waals surface area contributed by atoms with E-state index in [0.717, 1.165) is 18.4 Å². The van der Waals surface area contributed by atoms with Gasteiger partial charge in [-0.3, -0.25) is 9.69 Å². The zero-order chi connectivity index (χ0) is 20.0. The normalized spacial score (nSPS) is 18.8. The topological polar surface area (TPSA) is 69.7 Å². The Morgan fingerprint density at radius 3 is 2.15 bits per heavy atom. The first-order chi connectivity index (χ1) is 12.8. The third kappa shape index (κ3) is 5.77. The van der Waals surface area contributed by atoms with Gasteiger partial charge in [-0.25, -0.2) is 8.42 Å². The minimum absolute atomic E-state index is 0.00119. The summed E-state index contributed by atoms with van der Waals surface area (Å²) in [4.78, 5) is 14.4. The van der Waals surface area contributed by atoms with Gasteiger partial charge in [-0.15, -0.1) is 0 Å². The van der Waals surface area contributed by atoms with Crippen molar-refractivity contribution in [2.75, 3.05) is 32.7 Å². The molecule has 2 atom stereocenters. The van der Waals surface area contributed by atoms with Crippen molar-refractivity contribution in [1.29, 1.82) is 0 Å². The van der Waals surface area contributed by atoms with Crippen molar-refractivity contribution in [2.24, 2.45) is 0 Å². The molecule has 1 heterocycles. The fourth-order valence-electron chi connectivity index (χ4n) is 3.11. The molecule has 1 aromatic rings. The fraction of sp³-hybridized carbons (Fsp3) is 0.650. The highest BCUT2D eigenvalue weighted by atomic mass is 32.2. The minimum atomic E-state index is -3.48. The summed E-state index contributed by atoms with van der Waals surface area (Å²) < 4.78 is 27.3. The molecule has 0 aliphatic carbocycles. The van der Waals surface area contributed by atoms with E-state index in [2.05, 4.69) is 19.2 Å². The fourth-order valence-corrected chi connectivity index (χ4v) is 4.53. The Morgan fingerprint density at radius 1 is 1.04 bits per heavy atom. The van der Waals surface area contributed by atoms with Crippen LogP contribution in [0.5, 0.6) is 0 Å². The van der Waals surface area contributed by atoms with E-state index in [0.29, 0.717) is 43.5 Å². The molecular weight excluding hydrogens is 362 g/mol. The van der Waals surface area contributed by atoms with Crippen LogP contribution in [0, 0.1) is 0 Å². The molecule has 1 aromatic carbocycles. The second-order valence-electron chi connectivity index (χ2n) is 7.44. The average Bonchev–Trinajstić information content (AvgIpc) is 2.67. The van der Waals surface area contributed by atoms with Gasteiger partial charge < -0.3 is 5.32 Å². The molecule has 0 bridgehead atoms. The average molecular weight is 396 g/mol. The van der Waals surface area contributed by atoms with Crippen molar-refractivity contribution < 1.29 is 13.2 Å². The lowest BCUT2D eigenvalue weighted by atomic mass is 9.99. The molecule has 1 aliphatic heterocycles. The van der Waals surface area contributed by atoms with Crippen LogP contribution in [-0.4, -0.2) is 62.3 Å². The van der Waals surface area contributed by atoms with E-state index < -0.39 is 10.0 Å². The Labute approximate surface area is 164 Å². The summed E-state index contributed by atoms with van der Waals surface area (Å²) in [5.74, 6) is 0.424. The van der Waals surface area contributed by atoms with Gasteiger partial charge in [0.05, 0.1) is 11.4 Å². The first-order valence-corrected chi connectivity index (χ1v) is 11.3. The summed E-state index contributed by atoms with van der Waals surface area (Å²) in [5, 5.41) is 2.95. The highest BCUT2D eigenvalue weighted by Crippen LogP contribution is 2.23. The number of piperazine rings is 1. The van der Waals surface area contributed by atoms with Gasteiger partial charge in [0.2, 0.25) is 15.9 Å². The van der Waals surface area contributed by atoms with Crippen LogP contribution in [-0.2, 0) is 14.8 Å². The van der Waals surface area contributed by atoms with Gasteiger partial charge in [-0.1, -0.05) is 32.9 Å². The molecule has 1 fully saturated rings. The minimum Gasteiger partial charge on any atom is -0.353 e. The van der Waals surface area contributed by atoms with Crippen LogP contribution in [0.15, 0.2) is 29.2 Å². The number of sulfonamides is 1. The van der Waals surface area contributed by atoms with Crippen molar-refractivity contribution in [2.45, 2.75) is 57.4 Å². The van der Waals surface area contributed by atoms with Crippen molar-refractivity contribution in [3.8, 4) is 0 Å². The molecule has 1 amide bonds. The van der Waals surface area contributed by atoms with Gasteiger partial charge in [0.25, 0.3) is 0 Å². The summed E-state index contributed by atoms with van der Waals surface area (Å²) in [6.07, 6.45) is 1.92. The van der Waals surface area contributed by atoms with Gasteiger partial charge in [-0.2, -0.15) is 4.31 Å². The van der Waals surface area contributed by atoms with Crippen molar-refractivity contribution >= 4 is 15.9 Å². The number of hydrogen-bond donors (Lipinski definition) is 1. The first-order valence-electron chi connectivity index (χ1n) is 9.89. The predicted molar refractivity (Wildman–Crippen MR) is 108 cm³/mol. The Balaban J connectivity index is 1.93. The summed E-state index contributed by atoms with van der Waals surface area (Å²) in [6, 6.07) is 7.41. The number of nitrogens with zero attached hydrogens (tertiary/aromatic N) is 2. The number of nitrogens with one attached hydrogen (secondary N) is 1. The van der Waals surface area contributed by atoms with E-state index in [9.17, 15) is 13.2 Å². The Bertz CT molecular complexity index is 710. The lowest BCUT2D eigenvalue weighted by molar-refractivity contribution is -0.123. The third-order valence-electron chi connectivity index (χ3n) is 5.42. The van der Waals surface area contributed by atoms with E-state index in [4.69, 9.17) is 0 Å². The highest BCUT2D eigenvalue weighted by molar-refractivity contribution is 7.89. The number of hydrogen-bond acceptors (Lipinski definition) is 4. The van der Waals surface area contributed by atoms with Crippen LogP contribution in [0.1, 0.15) is 52.0 Å². The largest absolute Gasteiger partial charge is 0.353 e. The third-order valence-corrected chi connectivity index (χ3v) is 7.33. The van der Waals surface area contributed by atoms with Gasteiger partial charge in [0.15, 0.2) is 0 Å². The zero-order valence-electron chi connectivity index (χ0n) is 16.9. The molecule has 27 heavy (non-hydrogen) atoms. The Hall–Kier alpha value is -1.44. The smallest absolute Gasteiger partial charge is 0.243 e. The van der Waals surface area contributed by atoms with E-state index >= 15 is 0 Å². The van der Waals surface area contributed by atoms with E-state index in [1.807, 2.05) is 30.9 Å². The zero-order valence-corrected chi connectivity index (χ0v) is 17.8. The molecule has 152 valence electrons. The van der Waals surface area contributed by atoms with Gasteiger partial charge >= 0.3 is 0 Å². The van der Waals surface area contributed by atoms with Crippen LogP contribution < -0.4 is 5.32 Å². The monoisotopic (exact) mass is 395 g/mol. The Morgan fingerprint density at radius 2 is 1.63 bits per heavy atom. The van der Waals surface area contributed by atoms with Crippen molar-refractivity contribution in [3.05, 3.63) is 29.8 Å². The SMILES string of the molecule is CC[C@@H](C)c1ccc(S(=O)(=O)N2CCN(CC(=O)N[C@@H](C)CC)CC2)cc1. The van der Waals surface area contributed by atoms with Gasteiger partial charge in [-0.05, 0) is 43.4 Å². The summed E-state index contributed by atoms with van der Waals surface area (Å²) in [5.41, 5.74) is 1.16. The molecule has 1 saturated heterocycles. The molecule has 0 spiro atoms. The van der Waals surface area contributed by atoms with E-state index in [1.165, 1.54) is 4.31 Å². The lowest BCUT2D eigenvalue weighted by Gasteiger charge is -2.33. The van der Waals surface area contributed by atoms with E-state index in [-0.39, 0.29) is 11.9 Å². The summed E-state index contributed by atoms with van der Waals surface area (Å²) in [7, 11) is -3.48. The molecule has 7 heteroatoms. The van der Waals surface area contributed by atoms with Crippen LogP contribution in [0.4, 0.5) is 0 Å². The molecule has 0 radical (unpaired) electrons. The maximum atomic E-state index is 12.9. The highest BCUT2D eigenvalue weighted by Gasteiger charge is 2.29. The molecule has 0 aromatic heterocycles. The number of rotatable bonds is 8. The number of carbonyl (C=O) groups is 1. The van der Waals surface area contributed by atoms with Crippen LogP contribution >= 0.6 is 0 Å². The van der Waals surface area contributed by atoms with Crippen LogP contribution in [0.3, 0.4) is 0 Å². The molecule has 6 nitrogen and oxygen atoms in total. The van der Waals surface area contributed by atoms with Gasteiger partial charge in [0, 0.05) is 32.2 Å². The van der Waals surface area contributed by atoms with Crippen LogP contribution in [0.2, 0.25) is 0 Å². The number of carbonyl (C=O) groups excluding carboxylic acids is 1. The van der Waals surface area contributed by atoms with Crippen molar-refractivity contribution in [3.63, 3.8) is 0 Å². The molecular formula is C20H33N3O3S. The summed E-state index contributed by atoms with van der Waals surface area (Å²) in [6.45, 7) is 10.5. The lowest BCUT2D eigenvalue weighted by Crippen LogP contribution is -2.51. The molecule has 2 rings (SSSR count). The quantitative estimate of drug-likeness (QED) is 0.734. The maximum absolute atomic E-state index is 12.9. The summed E-state index contributed by atoms with van der Waals surface area (Å²) >= 11 is 0. The Kier molecular flexibility index (Phi) is 7.82. The predicted octanol–water partition coefficient (Wildman–Crippen LogP) is 2.42. The van der Waals surface area contributed by atoms with E-state index in [1.54, 1.807) is 12.1 Å². The number of amides is 1. The second-order valence-corrected chi connectivity index (χ2v) is 9.37. The molecule has 0 unspecified atom stereocenters.